The quantitative estimate of drug-likeness (QED) is 0.740. The van der Waals surface area contributed by atoms with E-state index in [1.807, 2.05) is 0 Å². The summed E-state index contributed by atoms with van der Waals surface area (Å²) in [5.74, 6) is 0. The molecule has 3 heteroatoms. The molecule has 0 bridgehead atoms. The van der Waals surface area contributed by atoms with Crippen LogP contribution < -0.4 is 0 Å². The van der Waals surface area contributed by atoms with Gasteiger partial charge in [0.2, 0.25) is 0 Å². The van der Waals surface area contributed by atoms with Crippen LogP contribution in [0, 0.1) is 5.41 Å². The minimum atomic E-state index is 0.102. The lowest BCUT2D eigenvalue weighted by molar-refractivity contribution is 0.0565. The molecule has 1 rings (SSSR count). The molecule has 0 aliphatic carbocycles. The number of likely N-dealkylation sites (N-methyl/N-ethyl adjacent to an activating group) is 1. The van der Waals surface area contributed by atoms with Crippen LogP contribution in [0.2, 0.25) is 0 Å². The fourth-order valence-corrected chi connectivity index (χ4v) is 2.36. The summed E-state index contributed by atoms with van der Waals surface area (Å²) in [6.45, 7) is 10.4. The van der Waals surface area contributed by atoms with Crippen molar-refractivity contribution in [3.63, 3.8) is 0 Å². The summed E-state index contributed by atoms with van der Waals surface area (Å²) >= 11 is 0. The summed E-state index contributed by atoms with van der Waals surface area (Å²) in [5.41, 5.74) is 0.102. The van der Waals surface area contributed by atoms with Crippen LogP contribution in [0.5, 0.6) is 0 Å². The fourth-order valence-electron chi connectivity index (χ4n) is 2.36. The van der Waals surface area contributed by atoms with Crippen LogP contribution in [0.1, 0.15) is 26.7 Å². The lowest BCUT2D eigenvalue weighted by Crippen LogP contribution is -2.48. The average Bonchev–Trinajstić information content (AvgIpc) is 2.22. The average molecular weight is 214 g/mol. The SMILES string of the molecule is CCCC(C)(CO)CN1CCN(C)CC1. The van der Waals surface area contributed by atoms with Crippen molar-refractivity contribution in [2.45, 2.75) is 26.7 Å². The maximum atomic E-state index is 9.46. The Bertz CT molecular complexity index is 178. The molecule has 1 heterocycles. The zero-order valence-corrected chi connectivity index (χ0v) is 10.5. The number of aliphatic hydroxyl groups is 1. The van der Waals surface area contributed by atoms with Crippen LogP contribution in [0.3, 0.4) is 0 Å². The molecule has 0 amide bonds. The Kier molecular flexibility index (Phi) is 5.03. The summed E-state index contributed by atoms with van der Waals surface area (Å²) in [5, 5.41) is 9.46. The van der Waals surface area contributed by atoms with Crippen LogP contribution in [-0.2, 0) is 0 Å². The summed E-state index contributed by atoms with van der Waals surface area (Å²) in [6, 6.07) is 0. The molecular formula is C12H26N2O. The Hall–Kier alpha value is -0.120. The van der Waals surface area contributed by atoms with E-state index in [-0.39, 0.29) is 5.41 Å². The lowest BCUT2D eigenvalue weighted by Gasteiger charge is -2.38. The van der Waals surface area contributed by atoms with Gasteiger partial charge in [-0.1, -0.05) is 20.3 Å². The minimum absolute atomic E-state index is 0.102. The number of hydrogen-bond acceptors (Lipinski definition) is 3. The molecular weight excluding hydrogens is 188 g/mol. The third-order valence-electron chi connectivity index (χ3n) is 3.44. The smallest absolute Gasteiger partial charge is 0.0497 e. The highest BCUT2D eigenvalue weighted by atomic mass is 16.3. The first-order valence-electron chi connectivity index (χ1n) is 6.11. The van der Waals surface area contributed by atoms with E-state index in [1.165, 1.54) is 0 Å². The van der Waals surface area contributed by atoms with Gasteiger partial charge in [0.1, 0.15) is 0 Å². The molecule has 1 fully saturated rings. The highest BCUT2D eigenvalue weighted by Crippen LogP contribution is 2.24. The minimum Gasteiger partial charge on any atom is -0.396 e. The van der Waals surface area contributed by atoms with Gasteiger partial charge in [0.15, 0.2) is 0 Å². The Morgan fingerprint density at radius 1 is 1.20 bits per heavy atom. The van der Waals surface area contributed by atoms with E-state index >= 15 is 0 Å². The number of rotatable bonds is 5. The summed E-state index contributed by atoms with van der Waals surface area (Å²) < 4.78 is 0. The van der Waals surface area contributed by atoms with Gasteiger partial charge in [-0.15, -0.1) is 0 Å². The predicted octanol–water partition coefficient (Wildman–Crippen LogP) is 1.03. The van der Waals surface area contributed by atoms with Gasteiger partial charge in [-0.05, 0) is 13.5 Å². The van der Waals surface area contributed by atoms with Crippen molar-refractivity contribution in [3.05, 3.63) is 0 Å². The number of hydrogen-bond donors (Lipinski definition) is 1. The summed E-state index contributed by atoms with van der Waals surface area (Å²) in [4.78, 5) is 4.86. The molecule has 0 aromatic rings. The van der Waals surface area contributed by atoms with Crippen LogP contribution in [0.4, 0.5) is 0 Å². The van der Waals surface area contributed by atoms with Crippen molar-refractivity contribution in [1.82, 2.24) is 9.80 Å². The second kappa shape index (κ2) is 5.83. The molecule has 1 atom stereocenters. The Labute approximate surface area is 94.1 Å². The van der Waals surface area contributed by atoms with Gasteiger partial charge < -0.3 is 14.9 Å². The Morgan fingerprint density at radius 3 is 2.27 bits per heavy atom. The zero-order chi connectivity index (χ0) is 11.3. The van der Waals surface area contributed by atoms with Crippen LogP contribution in [0.25, 0.3) is 0 Å². The molecule has 1 aliphatic heterocycles. The second-order valence-corrected chi connectivity index (χ2v) is 5.30. The van der Waals surface area contributed by atoms with E-state index in [1.54, 1.807) is 0 Å². The van der Waals surface area contributed by atoms with Crippen molar-refractivity contribution in [3.8, 4) is 0 Å². The first kappa shape index (κ1) is 12.9. The van der Waals surface area contributed by atoms with E-state index in [2.05, 4.69) is 30.7 Å². The molecule has 1 aliphatic rings. The van der Waals surface area contributed by atoms with Gasteiger partial charge >= 0.3 is 0 Å². The predicted molar refractivity (Wildman–Crippen MR) is 64.0 cm³/mol. The van der Waals surface area contributed by atoms with Gasteiger partial charge in [-0.3, -0.25) is 0 Å². The molecule has 1 N–H and O–H groups in total. The molecule has 0 radical (unpaired) electrons. The molecule has 0 aromatic heterocycles. The molecule has 90 valence electrons. The highest BCUT2D eigenvalue weighted by Gasteiger charge is 2.26. The topological polar surface area (TPSA) is 26.7 Å². The highest BCUT2D eigenvalue weighted by molar-refractivity contribution is 4.80. The van der Waals surface area contributed by atoms with E-state index < -0.39 is 0 Å². The van der Waals surface area contributed by atoms with Crippen molar-refractivity contribution < 1.29 is 5.11 Å². The van der Waals surface area contributed by atoms with Crippen LogP contribution >= 0.6 is 0 Å². The summed E-state index contributed by atoms with van der Waals surface area (Å²) in [6.07, 6.45) is 2.28. The number of aliphatic hydroxyl groups excluding tert-OH is 1. The van der Waals surface area contributed by atoms with E-state index in [0.717, 1.165) is 45.6 Å². The normalized spacial score (nSPS) is 24.0. The van der Waals surface area contributed by atoms with Gasteiger partial charge in [0, 0.05) is 44.7 Å². The fraction of sp³-hybridized carbons (Fsp3) is 1.00. The Balaban J connectivity index is 2.38. The maximum absolute atomic E-state index is 9.46. The first-order valence-corrected chi connectivity index (χ1v) is 6.11. The third kappa shape index (κ3) is 4.09. The lowest BCUT2D eigenvalue weighted by atomic mass is 9.86. The van der Waals surface area contributed by atoms with Gasteiger partial charge in [0.05, 0.1) is 0 Å². The monoisotopic (exact) mass is 214 g/mol. The van der Waals surface area contributed by atoms with E-state index in [0.29, 0.717) is 6.61 Å². The van der Waals surface area contributed by atoms with Gasteiger partial charge in [-0.25, -0.2) is 0 Å². The Morgan fingerprint density at radius 2 is 1.80 bits per heavy atom. The van der Waals surface area contributed by atoms with Gasteiger partial charge in [-0.2, -0.15) is 0 Å². The molecule has 0 saturated carbocycles. The molecule has 1 unspecified atom stereocenters. The second-order valence-electron chi connectivity index (χ2n) is 5.30. The van der Waals surface area contributed by atoms with Crippen molar-refractivity contribution in [2.24, 2.45) is 5.41 Å². The number of nitrogens with zero attached hydrogens (tertiary/aromatic N) is 2. The molecule has 0 spiro atoms. The van der Waals surface area contributed by atoms with E-state index in [9.17, 15) is 5.11 Å². The largest absolute Gasteiger partial charge is 0.396 e. The van der Waals surface area contributed by atoms with Crippen molar-refractivity contribution in [2.75, 3.05) is 46.4 Å². The van der Waals surface area contributed by atoms with Crippen LogP contribution in [0.15, 0.2) is 0 Å². The van der Waals surface area contributed by atoms with Crippen molar-refractivity contribution in [1.29, 1.82) is 0 Å². The van der Waals surface area contributed by atoms with Crippen LogP contribution in [-0.4, -0.2) is 61.3 Å². The molecule has 1 saturated heterocycles. The van der Waals surface area contributed by atoms with Crippen molar-refractivity contribution >= 4 is 0 Å². The van der Waals surface area contributed by atoms with Gasteiger partial charge in [0.25, 0.3) is 0 Å². The third-order valence-corrected chi connectivity index (χ3v) is 3.44. The molecule has 3 nitrogen and oxygen atoms in total. The summed E-state index contributed by atoms with van der Waals surface area (Å²) in [7, 11) is 2.18. The number of piperazine rings is 1. The maximum Gasteiger partial charge on any atom is 0.0497 e. The van der Waals surface area contributed by atoms with E-state index in [4.69, 9.17) is 0 Å². The first-order chi connectivity index (χ1) is 7.09. The molecule has 15 heavy (non-hydrogen) atoms. The zero-order valence-electron chi connectivity index (χ0n) is 10.5. The molecule has 0 aromatic carbocycles. The standard InChI is InChI=1S/C12H26N2O/c1-4-5-12(2,11-15)10-14-8-6-13(3)7-9-14/h15H,4-11H2,1-3H3.